The number of ketones is 1. The highest BCUT2D eigenvalue weighted by Gasteiger charge is 2.48. The van der Waals surface area contributed by atoms with Gasteiger partial charge in [-0.2, -0.15) is 0 Å². The number of halogens is 2. The van der Waals surface area contributed by atoms with Gasteiger partial charge in [0.25, 0.3) is 5.78 Å². The number of hydrogen-bond donors (Lipinski definition) is 1. The van der Waals surface area contributed by atoms with Gasteiger partial charge in [-0.25, -0.2) is 9.78 Å². The van der Waals surface area contributed by atoms with Crippen molar-refractivity contribution >= 4 is 63.1 Å². The number of Topliss-reactive ketones (excluding diaryl/α,β-unsaturated/α-hetero) is 1. The Morgan fingerprint density at radius 1 is 1.02 bits per heavy atom. The standard InChI is InChI=1S/C32H26Cl2N2O6S/c1-4-41-31(40)29-18(3)35-32(43-29)36-26(20-10-13-23(33)24(34)15-20)25(28(38)30(36)39)27(37)22-12-11-21(14-17(22)2)42-16-19-8-6-5-7-9-19/h5-15,26,37H,4,16H2,1-3H3/b27-25-. The van der Waals surface area contributed by atoms with Crippen molar-refractivity contribution in [2.45, 2.75) is 33.4 Å². The molecule has 1 saturated heterocycles. The monoisotopic (exact) mass is 636 g/mol. The van der Waals surface area contributed by atoms with Crippen LogP contribution < -0.4 is 9.64 Å². The van der Waals surface area contributed by atoms with Gasteiger partial charge >= 0.3 is 11.9 Å². The SMILES string of the molecule is CCOC(=O)c1sc(N2C(=O)C(=O)/C(=C(\O)c3ccc(OCc4ccccc4)cc3C)C2c2ccc(Cl)c(Cl)c2)nc1C. The van der Waals surface area contributed by atoms with Crippen LogP contribution in [0.1, 0.15) is 50.6 Å². The Morgan fingerprint density at radius 2 is 1.77 bits per heavy atom. The van der Waals surface area contributed by atoms with Gasteiger partial charge in [-0.3, -0.25) is 14.5 Å². The van der Waals surface area contributed by atoms with E-state index in [9.17, 15) is 19.5 Å². The molecular formula is C32H26Cl2N2O6S. The van der Waals surface area contributed by atoms with E-state index in [4.69, 9.17) is 32.7 Å². The molecule has 8 nitrogen and oxygen atoms in total. The van der Waals surface area contributed by atoms with Crippen molar-refractivity contribution in [1.82, 2.24) is 4.98 Å². The Hall–Kier alpha value is -4.18. The predicted molar refractivity (Wildman–Crippen MR) is 166 cm³/mol. The number of esters is 1. The van der Waals surface area contributed by atoms with Crippen molar-refractivity contribution in [1.29, 1.82) is 0 Å². The second-order valence-electron chi connectivity index (χ2n) is 9.73. The molecule has 1 aromatic heterocycles. The predicted octanol–water partition coefficient (Wildman–Crippen LogP) is 7.45. The van der Waals surface area contributed by atoms with Crippen LogP contribution in [0.15, 0.2) is 72.3 Å². The maximum atomic E-state index is 13.6. The summed E-state index contributed by atoms with van der Waals surface area (Å²) in [6.07, 6.45) is 0. The summed E-state index contributed by atoms with van der Waals surface area (Å²) in [5, 5.41) is 12.2. The van der Waals surface area contributed by atoms with Crippen LogP contribution in [0.4, 0.5) is 5.13 Å². The highest BCUT2D eigenvalue weighted by molar-refractivity contribution is 7.17. The average molecular weight is 638 g/mol. The summed E-state index contributed by atoms with van der Waals surface area (Å²) in [5.41, 5.74) is 2.57. The molecule has 1 aliphatic rings. The van der Waals surface area contributed by atoms with Crippen molar-refractivity contribution in [2.75, 3.05) is 11.5 Å². The molecule has 1 aliphatic heterocycles. The number of aliphatic hydroxyl groups excluding tert-OH is 1. The summed E-state index contributed by atoms with van der Waals surface area (Å²) in [5.74, 6) is -2.21. The van der Waals surface area contributed by atoms with Crippen molar-refractivity contribution in [3.8, 4) is 5.75 Å². The van der Waals surface area contributed by atoms with Crippen LogP contribution in [-0.4, -0.2) is 34.4 Å². The number of hydrogen-bond acceptors (Lipinski definition) is 8. The number of anilines is 1. The van der Waals surface area contributed by atoms with Crippen molar-refractivity contribution in [2.24, 2.45) is 0 Å². The molecule has 0 spiro atoms. The quantitative estimate of drug-likeness (QED) is 0.0926. The van der Waals surface area contributed by atoms with Crippen LogP contribution in [0, 0.1) is 13.8 Å². The fraction of sp³-hybridized carbons (Fsp3) is 0.188. The molecule has 2 heterocycles. The smallest absolute Gasteiger partial charge is 0.350 e. The molecule has 0 saturated carbocycles. The Bertz CT molecular complexity index is 1770. The summed E-state index contributed by atoms with van der Waals surface area (Å²) in [4.78, 5) is 45.5. The molecule has 1 amide bonds. The first-order chi connectivity index (χ1) is 20.6. The number of aromatic nitrogens is 1. The third kappa shape index (κ3) is 6.01. The number of aliphatic hydroxyl groups is 1. The molecule has 220 valence electrons. The van der Waals surface area contributed by atoms with Gasteiger partial charge in [0.05, 0.1) is 34.0 Å². The number of rotatable bonds is 8. The molecule has 11 heteroatoms. The van der Waals surface area contributed by atoms with Gasteiger partial charge in [0.2, 0.25) is 0 Å². The van der Waals surface area contributed by atoms with Crippen molar-refractivity contribution < 1.29 is 29.0 Å². The lowest BCUT2D eigenvalue weighted by atomic mass is 9.94. The molecule has 0 bridgehead atoms. The minimum absolute atomic E-state index is 0.0964. The Balaban J connectivity index is 1.59. The van der Waals surface area contributed by atoms with E-state index in [-0.39, 0.29) is 38.0 Å². The zero-order valence-electron chi connectivity index (χ0n) is 23.4. The van der Waals surface area contributed by atoms with Crippen LogP contribution in [-0.2, 0) is 20.9 Å². The average Bonchev–Trinajstić information content (AvgIpc) is 3.50. The van der Waals surface area contributed by atoms with Gasteiger partial charge < -0.3 is 14.6 Å². The summed E-state index contributed by atoms with van der Waals surface area (Å²) in [6, 6.07) is 18.3. The molecule has 1 atom stereocenters. The van der Waals surface area contributed by atoms with Crippen LogP contribution in [0.3, 0.4) is 0 Å². The van der Waals surface area contributed by atoms with E-state index >= 15 is 0 Å². The third-order valence-corrected chi connectivity index (χ3v) is 8.73. The Labute approximate surface area is 262 Å². The van der Waals surface area contributed by atoms with Crippen LogP contribution in [0.2, 0.25) is 10.0 Å². The molecule has 1 N–H and O–H groups in total. The molecule has 1 unspecified atom stereocenters. The third-order valence-electron chi connectivity index (χ3n) is 6.86. The first-order valence-electron chi connectivity index (χ1n) is 13.3. The van der Waals surface area contributed by atoms with E-state index in [0.29, 0.717) is 34.7 Å². The normalized spacial score (nSPS) is 16.0. The van der Waals surface area contributed by atoms with E-state index < -0.39 is 23.7 Å². The topological polar surface area (TPSA) is 106 Å². The number of carbonyl (C=O) groups excluding carboxylic acids is 3. The van der Waals surface area contributed by atoms with Gasteiger partial charge in [0.15, 0.2) is 5.13 Å². The number of carbonyl (C=O) groups is 3. The van der Waals surface area contributed by atoms with Gasteiger partial charge in [0.1, 0.15) is 23.0 Å². The van der Waals surface area contributed by atoms with Gasteiger partial charge in [0, 0.05) is 5.56 Å². The maximum absolute atomic E-state index is 13.6. The summed E-state index contributed by atoms with van der Waals surface area (Å²) in [7, 11) is 0. The highest BCUT2D eigenvalue weighted by Crippen LogP contribution is 2.45. The zero-order chi connectivity index (χ0) is 30.8. The summed E-state index contributed by atoms with van der Waals surface area (Å²) < 4.78 is 11.0. The minimum atomic E-state index is -1.11. The number of benzene rings is 3. The molecular weight excluding hydrogens is 611 g/mol. The molecule has 5 rings (SSSR count). The fourth-order valence-electron chi connectivity index (χ4n) is 4.78. The Kier molecular flexibility index (Phi) is 8.87. The highest BCUT2D eigenvalue weighted by atomic mass is 35.5. The number of ether oxygens (including phenoxy) is 2. The summed E-state index contributed by atoms with van der Waals surface area (Å²) in [6.45, 7) is 5.58. The molecule has 0 aliphatic carbocycles. The van der Waals surface area contributed by atoms with Crippen molar-refractivity contribution in [3.63, 3.8) is 0 Å². The lowest BCUT2D eigenvalue weighted by Gasteiger charge is -2.23. The number of amides is 1. The second kappa shape index (κ2) is 12.6. The van der Waals surface area contributed by atoms with E-state index in [1.165, 1.54) is 11.0 Å². The van der Waals surface area contributed by atoms with E-state index in [1.54, 1.807) is 51.1 Å². The largest absolute Gasteiger partial charge is 0.507 e. The van der Waals surface area contributed by atoms with E-state index in [0.717, 1.165) is 16.9 Å². The summed E-state index contributed by atoms with van der Waals surface area (Å²) >= 11 is 13.4. The minimum Gasteiger partial charge on any atom is -0.507 e. The zero-order valence-corrected chi connectivity index (χ0v) is 25.7. The first kappa shape index (κ1) is 30.3. The van der Waals surface area contributed by atoms with Gasteiger partial charge in [-0.1, -0.05) is 70.9 Å². The lowest BCUT2D eigenvalue weighted by molar-refractivity contribution is -0.132. The van der Waals surface area contributed by atoms with Crippen LogP contribution in [0.5, 0.6) is 5.75 Å². The lowest BCUT2D eigenvalue weighted by Crippen LogP contribution is -2.29. The van der Waals surface area contributed by atoms with Crippen LogP contribution in [0.25, 0.3) is 5.76 Å². The molecule has 0 radical (unpaired) electrons. The van der Waals surface area contributed by atoms with Crippen molar-refractivity contribution in [3.05, 3.63) is 115 Å². The maximum Gasteiger partial charge on any atom is 0.350 e. The number of aryl methyl sites for hydroxylation is 2. The van der Waals surface area contributed by atoms with Gasteiger partial charge in [-0.15, -0.1) is 0 Å². The fourth-order valence-corrected chi connectivity index (χ4v) is 6.07. The Morgan fingerprint density at radius 3 is 2.44 bits per heavy atom. The molecule has 4 aromatic rings. The van der Waals surface area contributed by atoms with E-state index in [1.807, 2.05) is 30.3 Å². The second-order valence-corrected chi connectivity index (χ2v) is 11.5. The molecule has 3 aromatic carbocycles. The number of nitrogens with zero attached hydrogens (tertiary/aromatic N) is 2. The first-order valence-corrected chi connectivity index (χ1v) is 14.9. The van der Waals surface area contributed by atoms with E-state index in [2.05, 4.69) is 4.98 Å². The molecule has 43 heavy (non-hydrogen) atoms. The van der Waals surface area contributed by atoms with Gasteiger partial charge in [-0.05, 0) is 67.8 Å². The number of thiazole rings is 1. The molecule has 1 fully saturated rings. The van der Waals surface area contributed by atoms with Crippen LogP contribution >= 0.6 is 34.5 Å².